The highest BCUT2D eigenvalue weighted by atomic mass is 35.5. The van der Waals surface area contributed by atoms with Gasteiger partial charge in [0.15, 0.2) is 5.76 Å². The number of amides is 1. The minimum absolute atomic E-state index is 0.0563. The van der Waals surface area contributed by atoms with Gasteiger partial charge in [-0.2, -0.15) is 0 Å². The average Bonchev–Trinajstić information content (AvgIpc) is 2.99. The monoisotopic (exact) mass is 323 g/mol. The Morgan fingerprint density at radius 2 is 2.18 bits per heavy atom. The molecule has 2 rings (SSSR count). The SMILES string of the molecule is Cc1cc([N+](=O)[O-])cc(Cl)c1NCCNC(=O)c1ccco1. The van der Waals surface area contributed by atoms with Crippen LogP contribution in [0.15, 0.2) is 34.9 Å². The van der Waals surface area contributed by atoms with Gasteiger partial charge in [0.1, 0.15) is 0 Å². The number of carbonyl (C=O) groups excluding carboxylic acids is 1. The Kier molecular flexibility index (Phi) is 5.00. The largest absolute Gasteiger partial charge is 0.459 e. The summed E-state index contributed by atoms with van der Waals surface area (Å²) in [4.78, 5) is 21.9. The van der Waals surface area contributed by atoms with Crippen LogP contribution in [0.4, 0.5) is 11.4 Å². The fraction of sp³-hybridized carbons (Fsp3) is 0.214. The normalized spacial score (nSPS) is 10.3. The molecular formula is C14H14ClN3O4. The number of nitro groups is 1. The van der Waals surface area contributed by atoms with Gasteiger partial charge in [0, 0.05) is 25.2 Å². The molecule has 0 bridgehead atoms. The Bertz CT molecular complexity index is 662. The number of nitrogens with one attached hydrogen (secondary N) is 2. The van der Waals surface area contributed by atoms with Gasteiger partial charge in [0.2, 0.25) is 0 Å². The summed E-state index contributed by atoms with van der Waals surface area (Å²) < 4.78 is 4.97. The summed E-state index contributed by atoms with van der Waals surface area (Å²) in [6, 6.07) is 5.93. The van der Waals surface area contributed by atoms with Crippen LogP contribution in [0.1, 0.15) is 16.1 Å². The Balaban J connectivity index is 1.89. The molecule has 0 fully saturated rings. The molecule has 1 heterocycles. The molecule has 0 saturated carbocycles. The number of furan rings is 1. The van der Waals surface area contributed by atoms with Gasteiger partial charge in [-0.05, 0) is 24.6 Å². The van der Waals surface area contributed by atoms with Crippen LogP contribution in [-0.4, -0.2) is 23.9 Å². The van der Waals surface area contributed by atoms with E-state index in [-0.39, 0.29) is 22.4 Å². The molecule has 0 unspecified atom stereocenters. The first-order chi connectivity index (χ1) is 10.5. The molecular weight excluding hydrogens is 310 g/mol. The average molecular weight is 324 g/mol. The van der Waals surface area contributed by atoms with Crippen molar-refractivity contribution in [1.82, 2.24) is 5.32 Å². The number of aryl methyl sites for hydroxylation is 1. The van der Waals surface area contributed by atoms with Gasteiger partial charge in [0.05, 0.1) is 21.9 Å². The number of nitro benzene ring substituents is 1. The zero-order chi connectivity index (χ0) is 16.1. The summed E-state index contributed by atoms with van der Waals surface area (Å²) in [5, 5.41) is 16.7. The van der Waals surface area contributed by atoms with Crippen molar-refractivity contribution in [2.75, 3.05) is 18.4 Å². The highest BCUT2D eigenvalue weighted by Gasteiger charge is 2.13. The molecule has 116 valence electrons. The minimum atomic E-state index is -0.494. The maximum absolute atomic E-state index is 11.6. The topological polar surface area (TPSA) is 97.4 Å². The fourth-order valence-electron chi connectivity index (χ4n) is 1.91. The predicted octanol–water partition coefficient (Wildman–Crippen LogP) is 2.99. The zero-order valence-electron chi connectivity index (χ0n) is 11.8. The van der Waals surface area contributed by atoms with Crippen molar-refractivity contribution >= 4 is 28.9 Å². The summed E-state index contributed by atoms with van der Waals surface area (Å²) in [6.07, 6.45) is 1.42. The first-order valence-corrected chi connectivity index (χ1v) is 6.87. The van der Waals surface area contributed by atoms with E-state index in [1.54, 1.807) is 19.1 Å². The van der Waals surface area contributed by atoms with Crippen molar-refractivity contribution in [3.05, 3.63) is 57.0 Å². The standard InChI is InChI=1S/C14H14ClN3O4/c1-9-7-10(18(20)21)8-11(15)13(9)16-4-5-17-14(19)12-3-2-6-22-12/h2-3,6-8,16H,4-5H2,1H3,(H,17,19). The smallest absolute Gasteiger partial charge is 0.287 e. The highest BCUT2D eigenvalue weighted by molar-refractivity contribution is 6.33. The van der Waals surface area contributed by atoms with Gasteiger partial charge in [-0.1, -0.05) is 11.6 Å². The molecule has 1 aromatic heterocycles. The maximum atomic E-state index is 11.6. The number of benzene rings is 1. The molecule has 1 aromatic carbocycles. The molecule has 0 atom stereocenters. The second kappa shape index (κ2) is 6.95. The first-order valence-electron chi connectivity index (χ1n) is 6.49. The maximum Gasteiger partial charge on any atom is 0.287 e. The molecule has 0 aliphatic carbocycles. The molecule has 0 spiro atoms. The molecule has 2 N–H and O–H groups in total. The van der Waals surface area contributed by atoms with E-state index in [1.807, 2.05) is 0 Å². The summed E-state index contributed by atoms with van der Waals surface area (Å²) in [7, 11) is 0. The lowest BCUT2D eigenvalue weighted by molar-refractivity contribution is -0.384. The van der Waals surface area contributed by atoms with Crippen molar-refractivity contribution in [1.29, 1.82) is 0 Å². The summed E-state index contributed by atoms with van der Waals surface area (Å²) in [6.45, 7) is 2.50. The van der Waals surface area contributed by atoms with Gasteiger partial charge < -0.3 is 15.1 Å². The van der Waals surface area contributed by atoms with Crippen LogP contribution in [0.2, 0.25) is 5.02 Å². The van der Waals surface area contributed by atoms with E-state index in [0.717, 1.165) is 0 Å². The van der Waals surface area contributed by atoms with Crippen LogP contribution in [0.5, 0.6) is 0 Å². The highest BCUT2D eigenvalue weighted by Crippen LogP contribution is 2.30. The van der Waals surface area contributed by atoms with E-state index < -0.39 is 4.92 Å². The van der Waals surface area contributed by atoms with Crippen LogP contribution in [0.25, 0.3) is 0 Å². The van der Waals surface area contributed by atoms with Crippen LogP contribution in [0, 0.1) is 17.0 Å². The van der Waals surface area contributed by atoms with Crippen molar-refractivity contribution < 1.29 is 14.1 Å². The zero-order valence-corrected chi connectivity index (χ0v) is 12.5. The molecule has 7 nitrogen and oxygen atoms in total. The Hall–Kier alpha value is -2.54. The Morgan fingerprint density at radius 3 is 2.77 bits per heavy atom. The lowest BCUT2D eigenvalue weighted by Gasteiger charge is -2.11. The quantitative estimate of drug-likeness (QED) is 0.484. The van der Waals surface area contributed by atoms with Crippen molar-refractivity contribution in [2.24, 2.45) is 0 Å². The van der Waals surface area contributed by atoms with Crippen LogP contribution in [0.3, 0.4) is 0 Å². The number of carbonyl (C=O) groups is 1. The molecule has 0 aliphatic heterocycles. The van der Waals surface area contributed by atoms with Crippen LogP contribution < -0.4 is 10.6 Å². The number of hydrogen-bond donors (Lipinski definition) is 2. The lowest BCUT2D eigenvalue weighted by atomic mass is 10.1. The number of anilines is 1. The van der Waals surface area contributed by atoms with Gasteiger partial charge >= 0.3 is 0 Å². The van der Waals surface area contributed by atoms with E-state index >= 15 is 0 Å². The second-order valence-corrected chi connectivity index (χ2v) is 4.94. The number of nitrogens with zero attached hydrogens (tertiary/aromatic N) is 1. The predicted molar refractivity (Wildman–Crippen MR) is 82.4 cm³/mol. The summed E-state index contributed by atoms with van der Waals surface area (Å²) in [5.74, 6) is -0.0668. The summed E-state index contributed by atoms with van der Waals surface area (Å²) in [5.41, 5.74) is 1.22. The van der Waals surface area contributed by atoms with E-state index in [2.05, 4.69) is 10.6 Å². The Labute approximate surface area is 131 Å². The molecule has 0 aliphatic rings. The van der Waals surface area contributed by atoms with Crippen LogP contribution >= 0.6 is 11.6 Å². The fourth-order valence-corrected chi connectivity index (χ4v) is 2.24. The van der Waals surface area contributed by atoms with E-state index in [4.69, 9.17) is 16.0 Å². The number of halogens is 1. The molecule has 8 heteroatoms. The number of rotatable bonds is 6. The van der Waals surface area contributed by atoms with E-state index in [0.29, 0.717) is 24.3 Å². The molecule has 0 radical (unpaired) electrons. The van der Waals surface area contributed by atoms with Crippen molar-refractivity contribution in [2.45, 2.75) is 6.92 Å². The van der Waals surface area contributed by atoms with Crippen LogP contribution in [-0.2, 0) is 0 Å². The summed E-state index contributed by atoms with van der Waals surface area (Å²) >= 11 is 6.03. The van der Waals surface area contributed by atoms with E-state index in [9.17, 15) is 14.9 Å². The molecule has 22 heavy (non-hydrogen) atoms. The second-order valence-electron chi connectivity index (χ2n) is 4.54. The van der Waals surface area contributed by atoms with Crippen molar-refractivity contribution in [3.63, 3.8) is 0 Å². The van der Waals surface area contributed by atoms with Gasteiger partial charge in [0.25, 0.3) is 11.6 Å². The minimum Gasteiger partial charge on any atom is -0.459 e. The lowest BCUT2D eigenvalue weighted by Crippen LogP contribution is -2.28. The van der Waals surface area contributed by atoms with E-state index in [1.165, 1.54) is 18.4 Å². The third kappa shape index (κ3) is 3.76. The van der Waals surface area contributed by atoms with Gasteiger partial charge in [-0.15, -0.1) is 0 Å². The molecule has 0 saturated heterocycles. The van der Waals surface area contributed by atoms with Crippen molar-refractivity contribution in [3.8, 4) is 0 Å². The number of hydrogen-bond acceptors (Lipinski definition) is 5. The third-order valence-electron chi connectivity index (χ3n) is 2.94. The molecule has 2 aromatic rings. The number of non-ortho nitro benzene ring substituents is 1. The first kappa shape index (κ1) is 15.8. The van der Waals surface area contributed by atoms with Gasteiger partial charge in [-0.3, -0.25) is 14.9 Å². The Morgan fingerprint density at radius 1 is 1.41 bits per heavy atom. The third-order valence-corrected chi connectivity index (χ3v) is 3.24. The van der Waals surface area contributed by atoms with Gasteiger partial charge in [-0.25, -0.2) is 0 Å². The molecule has 1 amide bonds.